The molecule has 0 aromatic carbocycles. The Kier molecular flexibility index (Phi) is 3.09. The van der Waals surface area contributed by atoms with E-state index < -0.39 is 17.2 Å². The highest BCUT2D eigenvalue weighted by atomic mass is 16.2. The van der Waals surface area contributed by atoms with Crippen molar-refractivity contribution in [2.24, 2.45) is 0 Å². The molecule has 0 bridgehead atoms. The average molecular weight is 249 g/mol. The number of nitrogens with zero attached hydrogens (tertiary/aromatic N) is 2. The van der Waals surface area contributed by atoms with Gasteiger partial charge in [-0.15, -0.1) is 0 Å². The molecule has 2 aromatic heterocycles. The molecular formula is C10H11N5O3. The summed E-state index contributed by atoms with van der Waals surface area (Å²) in [5.74, 6) is -0.478. The molecule has 94 valence electrons. The molecule has 0 aliphatic rings. The van der Waals surface area contributed by atoms with Crippen LogP contribution in [-0.4, -0.2) is 38.0 Å². The summed E-state index contributed by atoms with van der Waals surface area (Å²) in [4.78, 5) is 39.9. The molecule has 18 heavy (non-hydrogen) atoms. The van der Waals surface area contributed by atoms with Gasteiger partial charge in [0.2, 0.25) is 0 Å². The van der Waals surface area contributed by atoms with Gasteiger partial charge in [-0.05, 0) is 0 Å². The fourth-order valence-electron chi connectivity index (χ4n) is 1.48. The Morgan fingerprint density at radius 2 is 2.17 bits per heavy atom. The molecule has 3 N–H and O–H groups in total. The first-order chi connectivity index (χ1) is 8.58. The molecule has 0 aliphatic carbocycles. The predicted molar refractivity (Wildman–Crippen MR) is 62.1 cm³/mol. The van der Waals surface area contributed by atoms with Gasteiger partial charge in [0.15, 0.2) is 0 Å². The van der Waals surface area contributed by atoms with Crippen molar-refractivity contribution in [3.8, 4) is 0 Å². The molecule has 0 saturated carbocycles. The van der Waals surface area contributed by atoms with Crippen LogP contribution in [0.5, 0.6) is 0 Å². The Morgan fingerprint density at radius 1 is 1.39 bits per heavy atom. The smallest absolute Gasteiger partial charge is 0.325 e. The van der Waals surface area contributed by atoms with Crippen LogP contribution in [0.25, 0.3) is 0 Å². The van der Waals surface area contributed by atoms with E-state index in [1.807, 2.05) is 4.98 Å². The van der Waals surface area contributed by atoms with Gasteiger partial charge in [-0.1, -0.05) is 0 Å². The first-order valence-electron chi connectivity index (χ1n) is 5.13. The largest absolute Gasteiger partial charge is 0.337 e. The number of nitrogens with one attached hydrogen (secondary N) is 3. The van der Waals surface area contributed by atoms with Crippen LogP contribution in [0.3, 0.4) is 0 Å². The summed E-state index contributed by atoms with van der Waals surface area (Å²) < 4.78 is 0. The molecule has 1 amide bonds. The third-order valence-electron chi connectivity index (χ3n) is 2.37. The molecule has 8 heteroatoms. The van der Waals surface area contributed by atoms with Gasteiger partial charge in [0, 0.05) is 31.5 Å². The normalized spacial score (nSPS) is 10.3. The number of aromatic nitrogens is 4. The van der Waals surface area contributed by atoms with E-state index in [1.54, 1.807) is 19.4 Å². The van der Waals surface area contributed by atoms with Gasteiger partial charge in [-0.25, -0.2) is 4.79 Å². The number of hydrogen-bond acceptors (Lipinski definition) is 4. The van der Waals surface area contributed by atoms with E-state index in [-0.39, 0.29) is 5.56 Å². The standard InChI is InChI=1S/C10H11N5O3/c1-15(5-6-2-12-13-3-6)9(17)7-4-11-10(18)14-8(7)16/h2-4H,5H2,1H3,(H,12,13)(H2,11,14,16,18). The molecule has 0 unspecified atom stereocenters. The summed E-state index contributed by atoms with van der Waals surface area (Å²) >= 11 is 0. The monoisotopic (exact) mass is 249 g/mol. The Hall–Kier alpha value is -2.64. The maximum Gasteiger partial charge on any atom is 0.325 e. The minimum absolute atomic E-state index is 0.111. The van der Waals surface area contributed by atoms with Crippen molar-refractivity contribution in [3.05, 3.63) is 50.6 Å². The number of rotatable bonds is 3. The van der Waals surface area contributed by atoms with Gasteiger partial charge in [0.05, 0.1) is 6.20 Å². The zero-order chi connectivity index (χ0) is 13.1. The number of carbonyl (C=O) groups is 1. The van der Waals surface area contributed by atoms with Gasteiger partial charge in [-0.2, -0.15) is 5.10 Å². The van der Waals surface area contributed by atoms with Crippen LogP contribution < -0.4 is 11.2 Å². The average Bonchev–Trinajstić information content (AvgIpc) is 2.81. The van der Waals surface area contributed by atoms with Gasteiger partial charge in [-0.3, -0.25) is 19.7 Å². The van der Waals surface area contributed by atoms with Crippen LogP contribution in [0, 0.1) is 0 Å². The molecule has 2 rings (SSSR count). The number of carbonyl (C=O) groups excluding carboxylic acids is 1. The van der Waals surface area contributed by atoms with Crippen LogP contribution >= 0.6 is 0 Å². The number of H-pyrrole nitrogens is 3. The number of hydrogen-bond donors (Lipinski definition) is 3. The van der Waals surface area contributed by atoms with Crippen molar-refractivity contribution in [1.82, 2.24) is 25.1 Å². The van der Waals surface area contributed by atoms with E-state index in [4.69, 9.17) is 0 Å². The summed E-state index contributed by atoms with van der Waals surface area (Å²) in [5.41, 5.74) is -0.649. The fraction of sp³-hybridized carbons (Fsp3) is 0.200. The van der Waals surface area contributed by atoms with Crippen molar-refractivity contribution >= 4 is 5.91 Å². The minimum atomic E-state index is -0.706. The molecule has 2 heterocycles. The second-order valence-corrected chi connectivity index (χ2v) is 3.75. The fourth-order valence-corrected chi connectivity index (χ4v) is 1.48. The van der Waals surface area contributed by atoms with Crippen LogP contribution in [-0.2, 0) is 6.54 Å². The van der Waals surface area contributed by atoms with Crippen LogP contribution in [0.4, 0.5) is 0 Å². The van der Waals surface area contributed by atoms with E-state index >= 15 is 0 Å². The molecule has 0 fully saturated rings. The van der Waals surface area contributed by atoms with Gasteiger partial charge in [0.25, 0.3) is 11.5 Å². The quantitative estimate of drug-likeness (QED) is 0.651. The first kappa shape index (κ1) is 11.8. The lowest BCUT2D eigenvalue weighted by Crippen LogP contribution is -2.34. The van der Waals surface area contributed by atoms with Gasteiger partial charge >= 0.3 is 5.69 Å². The Labute approximate surface area is 101 Å². The van der Waals surface area contributed by atoms with Crippen LogP contribution in [0.2, 0.25) is 0 Å². The molecule has 2 aromatic rings. The number of amides is 1. The molecular weight excluding hydrogens is 238 g/mol. The summed E-state index contributed by atoms with van der Waals surface area (Å²) in [5, 5.41) is 6.39. The molecule has 0 radical (unpaired) electrons. The SMILES string of the molecule is CN(Cc1cn[nH]c1)C(=O)c1c[nH]c(=O)[nH]c1=O. The topological polar surface area (TPSA) is 115 Å². The van der Waals surface area contributed by atoms with Crippen molar-refractivity contribution < 1.29 is 4.79 Å². The maximum atomic E-state index is 12.0. The van der Waals surface area contributed by atoms with E-state index in [0.717, 1.165) is 11.8 Å². The lowest BCUT2D eigenvalue weighted by atomic mass is 10.2. The second-order valence-electron chi connectivity index (χ2n) is 3.75. The third kappa shape index (κ3) is 2.37. The highest BCUT2D eigenvalue weighted by Crippen LogP contribution is 2.02. The summed E-state index contributed by atoms with van der Waals surface area (Å²) in [6.07, 6.45) is 4.34. The van der Waals surface area contributed by atoms with Gasteiger partial charge in [0.1, 0.15) is 5.56 Å². The van der Waals surface area contributed by atoms with Gasteiger partial charge < -0.3 is 9.88 Å². The highest BCUT2D eigenvalue weighted by molar-refractivity contribution is 5.93. The van der Waals surface area contributed by atoms with Crippen molar-refractivity contribution in [1.29, 1.82) is 0 Å². The van der Waals surface area contributed by atoms with E-state index in [9.17, 15) is 14.4 Å². The lowest BCUT2D eigenvalue weighted by Gasteiger charge is -2.15. The molecule has 0 atom stereocenters. The zero-order valence-electron chi connectivity index (χ0n) is 9.56. The van der Waals surface area contributed by atoms with Crippen molar-refractivity contribution in [2.45, 2.75) is 6.54 Å². The second kappa shape index (κ2) is 4.70. The van der Waals surface area contributed by atoms with E-state index in [0.29, 0.717) is 6.54 Å². The highest BCUT2D eigenvalue weighted by Gasteiger charge is 2.16. The lowest BCUT2D eigenvalue weighted by molar-refractivity contribution is 0.0783. The minimum Gasteiger partial charge on any atom is -0.337 e. The Bertz CT molecular complexity index is 655. The molecule has 0 saturated heterocycles. The summed E-state index contributed by atoms with van der Waals surface area (Å²) in [7, 11) is 1.56. The molecule has 8 nitrogen and oxygen atoms in total. The van der Waals surface area contributed by atoms with Crippen molar-refractivity contribution in [3.63, 3.8) is 0 Å². The van der Waals surface area contributed by atoms with Crippen LogP contribution in [0.15, 0.2) is 28.2 Å². The van der Waals surface area contributed by atoms with E-state index in [1.165, 1.54) is 4.90 Å². The summed E-state index contributed by atoms with van der Waals surface area (Å²) in [6, 6.07) is 0. The van der Waals surface area contributed by atoms with Crippen LogP contribution in [0.1, 0.15) is 15.9 Å². The first-order valence-corrected chi connectivity index (χ1v) is 5.13. The van der Waals surface area contributed by atoms with Crippen molar-refractivity contribution in [2.75, 3.05) is 7.05 Å². The third-order valence-corrected chi connectivity index (χ3v) is 2.37. The van der Waals surface area contributed by atoms with E-state index in [2.05, 4.69) is 15.2 Å². The number of aromatic amines is 3. The maximum absolute atomic E-state index is 12.0. The zero-order valence-corrected chi connectivity index (χ0v) is 9.56. The predicted octanol–water partition coefficient (Wildman–Crippen LogP) is -0.941. The molecule has 0 aliphatic heterocycles. The molecule has 0 spiro atoms. The Morgan fingerprint density at radius 3 is 2.78 bits per heavy atom. The summed E-state index contributed by atoms with van der Waals surface area (Å²) in [6.45, 7) is 0.313. The Balaban J connectivity index is 2.20.